The normalized spacial score (nSPS) is 15.8. The van der Waals surface area contributed by atoms with Gasteiger partial charge >= 0.3 is 0 Å². The van der Waals surface area contributed by atoms with E-state index in [-0.39, 0.29) is 12.5 Å². The molecule has 0 radical (unpaired) electrons. The van der Waals surface area contributed by atoms with Crippen molar-refractivity contribution < 1.29 is 13.9 Å². The van der Waals surface area contributed by atoms with Crippen molar-refractivity contribution in [1.82, 2.24) is 19.9 Å². The maximum Gasteiger partial charge on any atom is 0.241 e. The van der Waals surface area contributed by atoms with Crippen LogP contribution in [0.15, 0.2) is 60.9 Å². The van der Waals surface area contributed by atoms with Crippen molar-refractivity contribution in [1.29, 1.82) is 0 Å². The van der Waals surface area contributed by atoms with E-state index in [0.29, 0.717) is 31.0 Å². The lowest BCUT2D eigenvalue weighted by Gasteiger charge is -2.31. The largest absolute Gasteiger partial charge is 0.437 e. The standard InChI is InChI=1S/C25H24FN5O2S/c26-18(16-32)15-31-13-9-17(10-14-31)23-24(28-12-11-27-23)33-20-7-5-19(6-8-20)29-25-30-21-3-1-2-4-22(21)34-25/h1-8,11-12,16-18H,9-10,13-15H2,(H,29,30)/t18-/m0/s1. The summed E-state index contributed by atoms with van der Waals surface area (Å²) < 4.78 is 20.6. The Kier molecular flexibility index (Phi) is 6.73. The Morgan fingerprint density at radius 1 is 1.12 bits per heavy atom. The van der Waals surface area contributed by atoms with E-state index in [2.05, 4.69) is 26.3 Å². The van der Waals surface area contributed by atoms with Gasteiger partial charge < -0.3 is 14.8 Å². The first-order valence-corrected chi connectivity index (χ1v) is 12.0. The van der Waals surface area contributed by atoms with Crippen molar-refractivity contribution in [3.63, 3.8) is 0 Å². The van der Waals surface area contributed by atoms with Crippen molar-refractivity contribution in [3.05, 3.63) is 66.6 Å². The van der Waals surface area contributed by atoms with E-state index >= 15 is 0 Å². The van der Waals surface area contributed by atoms with E-state index in [0.717, 1.165) is 39.6 Å². The first-order valence-electron chi connectivity index (χ1n) is 11.2. The number of nitrogens with one attached hydrogen (secondary N) is 1. The van der Waals surface area contributed by atoms with Gasteiger partial charge in [-0.25, -0.2) is 14.4 Å². The average Bonchev–Trinajstić information content (AvgIpc) is 3.28. The molecule has 1 aliphatic rings. The molecule has 4 aromatic rings. The SMILES string of the molecule is O=C[C@@H](F)CN1CCC(c2nccnc2Oc2ccc(Nc3nc4ccccc4s3)cc2)CC1. The van der Waals surface area contributed by atoms with E-state index in [9.17, 15) is 9.18 Å². The number of rotatable bonds is 8. The first kappa shape index (κ1) is 22.4. The van der Waals surface area contributed by atoms with Gasteiger partial charge in [0.25, 0.3) is 0 Å². The van der Waals surface area contributed by atoms with Gasteiger partial charge in [0.2, 0.25) is 5.88 Å². The predicted octanol–water partition coefficient (Wildman–Crippen LogP) is 5.34. The van der Waals surface area contributed by atoms with Gasteiger partial charge in [-0.15, -0.1) is 0 Å². The smallest absolute Gasteiger partial charge is 0.241 e. The van der Waals surface area contributed by atoms with E-state index < -0.39 is 6.17 Å². The number of likely N-dealkylation sites (tertiary alicyclic amines) is 1. The number of carbonyl (C=O) groups excluding carboxylic acids is 1. The summed E-state index contributed by atoms with van der Waals surface area (Å²) in [5.74, 6) is 1.33. The van der Waals surface area contributed by atoms with Gasteiger partial charge in [0, 0.05) is 30.5 Å². The van der Waals surface area contributed by atoms with Crippen LogP contribution in [0.2, 0.25) is 0 Å². The molecule has 1 N–H and O–H groups in total. The second kappa shape index (κ2) is 10.2. The van der Waals surface area contributed by atoms with Crippen molar-refractivity contribution in [2.45, 2.75) is 24.9 Å². The third-order valence-corrected chi connectivity index (χ3v) is 6.81. The lowest BCUT2D eigenvalue weighted by atomic mass is 9.93. The van der Waals surface area contributed by atoms with Crippen LogP contribution >= 0.6 is 11.3 Å². The molecule has 5 rings (SSSR count). The first-order chi connectivity index (χ1) is 16.7. The van der Waals surface area contributed by atoms with E-state index in [4.69, 9.17) is 4.74 Å². The molecule has 1 fully saturated rings. The molecule has 2 aromatic carbocycles. The van der Waals surface area contributed by atoms with Gasteiger partial charge in [-0.3, -0.25) is 9.88 Å². The number of alkyl halides is 1. The van der Waals surface area contributed by atoms with Gasteiger partial charge in [-0.2, -0.15) is 0 Å². The summed E-state index contributed by atoms with van der Waals surface area (Å²) in [6.45, 7) is 1.57. The molecule has 34 heavy (non-hydrogen) atoms. The van der Waals surface area contributed by atoms with Crippen LogP contribution in [0, 0.1) is 0 Å². The minimum absolute atomic E-state index is 0.150. The highest BCUT2D eigenvalue weighted by atomic mass is 32.1. The highest BCUT2D eigenvalue weighted by molar-refractivity contribution is 7.22. The quantitative estimate of drug-likeness (QED) is 0.343. The van der Waals surface area contributed by atoms with Crippen molar-refractivity contribution in [2.75, 3.05) is 25.0 Å². The van der Waals surface area contributed by atoms with Gasteiger partial charge in [-0.1, -0.05) is 23.5 Å². The van der Waals surface area contributed by atoms with Crippen molar-refractivity contribution in [2.24, 2.45) is 0 Å². The van der Waals surface area contributed by atoms with E-state index in [1.165, 1.54) is 0 Å². The number of thiazole rings is 1. The fourth-order valence-corrected chi connectivity index (χ4v) is 5.03. The second-order valence-corrected chi connectivity index (χ2v) is 9.24. The van der Waals surface area contributed by atoms with Crippen LogP contribution in [-0.4, -0.2) is 51.9 Å². The Hall–Kier alpha value is -3.43. The molecule has 1 saturated heterocycles. The van der Waals surface area contributed by atoms with E-state index in [1.54, 1.807) is 23.7 Å². The molecular weight excluding hydrogens is 453 g/mol. The molecule has 174 valence electrons. The summed E-state index contributed by atoms with van der Waals surface area (Å²) in [4.78, 5) is 26.1. The molecule has 0 saturated carbocycles. The zero-order valence-corrected chi connectivity index (χ0v) is 19.2. The molecule has 7 nitrogen and oxygen atoms in total. The van der Waals surface area contributed by atoms with Crippen LogP contribution < -0.4 is 10.1 Å². The van der Waals surface area contributed by atoms with Crippen LogP contribution in [0.5, 0.6) is 11.6 Å². The molecule has 1 atom stereocenters. The van der Waals surface area contributed by atoms with Crippen molar-refractivity contribution >= 4 is 38.7 Å². The van der Waals surface area contributed by atoms with Crippen LogP contribution in [0.4, 0.5) is 15.2 Å². The number of hydrogen-bond donors (Lipinski definition) is 1. The van der Waals surface area contributed by atoms with Gasteiger partial charge in [0.05, 0.1) is 10.2 Å². The minimum atomic E-state index is -1.43. The summed E-state index contributed by atoms with van der Waals surface area (Å²) in [6.07, 6.45) is 3.84. The van der Waals surface area contributed by atoms with Gasteiger partial charge in [0.15, 0.2) is 17.6 Å². The maximum absolute atomic E-state index is 13.4. The highest BCUT2D eigenvalue weighted by Crippen LogP contribution is 2.34. The number of para-hydroxylation sites is 1. The van der Waals surface area contributed by atoms with Crippen LogP contribution in [-0.2, 0) is 4.79 Å². The molecule has 2 aromatic heterocycles. The topological polar surface area (TPSA) is 80.2 Å². The molecule has 0 aliphatic carbocycles. The number of halogens is 1. The molecule has 0 unspecified atom stereocenters. The van der Waals surface area contributed by atoms with Crippen LogP contribution in [0.1, 0.15) is 24.5 Å². The van der Waals surface area contributed by atoms with Gasteiger partial charge in [-0.05, 0) is 62.3 Å². The summed E-state index contributed by atoms with van der Waals surface area (Å²) in [6, 6.07) is 15.7. The number of benzene rings is 2. The third kappa shape index (κ3) is 5.21. The third-order valence-electron chi connectivity index (χ3n) is 5.86. The Morgan fingerprint density at radius 3 is 2.65 bits per heavy atom. The molecule has 1 aliphatic heterocycles. The number of aromatic nitrogens is 3. The van der Waals surface area contributed by atoms with Crippen LogP contribution in [0.3, 0.4) is 0 Å². The Bertz CT molecular complexity index is 1220. The zero-order valence-electron chi connectivity index (χ0n) is 18.4. The monoisotopic (exact) mass is 477 g/mol. The number of piperidine rings is 1. The number of nitrogens with zero attached hydrogens (tertiary/aromatic N) is 4. The fraction of sp³-hybridized carbons (Fsp3) is 0.280. The number of aldehydes is 1. The molecule has 0 bridgehead atoms. The average molecular weight is 478 g/mol. The number of anilines is 2. The summed E-state index contributed by atoms with van der Waals surface area (Å²) in [5.41, 5.74) is 2.70. The molecule has 0 amide bonds. The molecule has 9 heteroatoms. The second-order valence-electron chi connectivity index (χ2n) is 8.21. The lowest BCUT2D eigenvalue weighted by molar-refractivity contribution is -0.112. The number of hydrogen-bond acceptors (Lipinski definition) is 8. The molecular formula is C25H24FN5O2S. The summed E-state index contributed by atoms with van der Waals surface area (Å²) in [7, 11) is 0. The Labute approximate surface area is 200 Å². The molecule has 3 heterocycles. The summed E-state index contributed by atoms with van der Waals surface area (Å²) >= 11 is 1.61. The minimum Gasteiger partial charge on any atom is -0.437 e. The van der Waals surface area contributed by atoms with Crippen molar-refractivity contribution in [3.8, 4) is 11.6 Å². The Balaban J connectivity index is 1.23. The van der Waals surface area contributed by atoms with Gasteiger partial charge in [0.1, 0.15) is 11.4 Å². The zero-order chi connectivity index (χ0) is 23.3. The highest BCUT2D eigenvalue weighted by Gasteiger charge is 2.26. The van der Waals surface area contributed by atoms with E-state index in [1.807, 2.05) is 47.4 Å². The summed E-state index contributed by atoms with van der Waals surface area (Å²) in [5, 5.41) is 4.18. The number of ether oxygens (including phenoxy) is 1. The predicted molar refractivity (Wildman–Crippen MR) is 131 cm³/mol. The fourth-order valence-electron chi connectivity index (χ4n) is 4.14. The molecule has 0 spiro atoms. The Morgan fingerprint density at radius 2 is 1.88 bits per heavy atom. The number of fused-ring (bicyclic) bond motifs is 1. The maximum atomic E-state index is 13.4. The number of carbonyl (C=O) groups is 1. The van der Waals surface area contributed by atoms with Crippen LogP contribution in [0.25, 0.3) is 10.2 Å². The lowest BCUT2D eigenvalue weighted by Crippen LogP contribution is -2.37.